The van der Waals surface area contributed by atoms with Crippen molar-refractivity contribution in [3.63, 3.8) is 0 Å². The van der Waals surface area contributed by atoms with Crippen molar-refractivity contribution < 1.29 is 9.53 Å². The lowest BCUT2D eigenvalue weighted by molar-refractivity contribution is 0.0951. The minimum absolute atomic E-state index is 0.118. The summed E-state index contributed by atoms with van der Waals surface area (Å²) in [6.45, 7) is 1.46. The number of carbonyl (C=O) groups excluding carboxylic acids is 1. The lowest BCUT2D eigenvalue weighted by Gasteiger charge is -2.09. The standard InChI is InChI=1S/C22H24ClN5O3/c1-31-19-9-12-26-22(27-19)25-11-3-2-10-24-20(29)18-8-5-13-28(21(18)30)15-16-6-4-7-17(23)14-16/h4-9,12-14H,2-3,10-11,15H2,1H3,(H,24,29)(H,25,26,27). The molecule has 0 aliphatic rings. The van der Waals surface area contributed by atoms with Crippen molar-refractivity contribution in [1.82, 2.24) is 19.9 Å². The Morgan fingerprint density at radius 3 is 2.81 bits per heavy atom. The fourth-order valence-corrected chi connectivity index (χ4v) is 3.17. The first kappa shape index (κ1) is 22.3. The second-order valence-electron chi connectivity index (χ2n) is 6.80. The Bertz CT molecular complexity index is 1090. The van der Waals surface area contributed by atoms with Gasteiger partial charge in [0.15, 0.2) is 0 Å². The third-order valence-electron chi connectivity index (χ3n) is 4.52. The molecule has 3 aromatic rings. The Balaban J connectivity index is 1.46. The number of amides is 1. The van der Waals surface area contributed by atoms with Crippen LogP contribution >= 0.6 is 11.6 Å². The number of unbranched alkanes of at least 4 members (excludes halogenated alkanes) is 1. The van der Waals surface area contributed by atoms with Gasteiger partial charge in [-0.1, -0.05) is 23.7 Å². The Morgan fingerprint density at radius 1 is 1.16 bits per heavy atom. The number of halogens is 1. The molecule has 0 aliphatic heterocycles. The highest BCUT2D eigenvalue weighted by atomic mass is 35.5. The van der Waals surface area contributed by atoms with E-state index >= 15 is 0 Å². The molecule has 2 heterocycles. The van der Waals surface area contributed by atoms with Crippen LogP contribution in [-0.4, -0.2) is 40.6 Å². The van der Waals surface area contributed by atoms with Crippen LogP contribution in [0.1, 0.15) is 28.8 Å². The predicted octanol–water partition coefficient (Wildman–Crippen LogP) is 2.97. The molecule has 0 bridgehead atoms. The van der Waals surface area contributed by atoms with Crippen molar-refractivity contribution >= 4 is 23.5 Å². The van der Waals surface area contributed by atoms with E-state index in [1.807, 2.05) is 12.1 Å². The van der Waals surface area contributed by atoms with E-state index in [0.29, 0.717) is 36.5 Å². The molecular formula is C22H24ClN5O3. The lowest BCUT2D eigenvalue weighted by Crippen LogP contribution is -2.33. The number of pyridine rings is 1. The first-order chi connectivity index (χ1) is 15.1. The monoisotopic (exact) mass is 441 g/mol. The molecule has 0 spiro atoms. The van der Waals surface area contributed by atoms with Gasteiger partial charge >= 0.3 is 0 Å². The highest BCUT2D eigenvalue weighted by Gasteiger charge is 2.12. The van der Waals surface area contributed by atoms with Gasteiger partial charge in [0.05, 0.1) is 13.7 Å². The molecule has 0 unspecified atom stereocenters. The Labute approximate surface area is 185 Å². The number of hydrogen-bond donors (Lipinski definition) is 2. The first-order valence-corrected chi connectivity index (χ1v) is 10.3. The van der Waals surface area contributed by atoms with Crippen molar-refractivity contribution in [2.75, 3.05) is 25.5 Å². The van der Waals surface area contributed by atoms with Gasteiger partial charge in [-0.15, -0.1) is 0 Å². The van der Waals surface area contributed by atoms with Crippen LogP contribution in [0.25, 0.3) is 0 Å². The summed E-state index contributed by atoms with van der Waals surface area (Å²) in [5.74, 6) is 0.608. The lowest BCUT2D eigenvalue weighted by atomic mass is 10.2. The second kappa shape index (κ2) is 11.1. The highest BCUT2D eigenvalue weighted by molar-refractivity contribution is 6.30. The van der Waals surface area contributed by atoms with Crippen molar-refractivity contribution in [2.24, 2.45) is 0 Å². The molecule has 0 fully saturated rings. The Hall–Kier alpha value is -3.39. The maximum atomic E-state index is 12.7. The molecule has 0 saturated carbocycles. The summed E-state index contributed by atoms with van der Waals surface area (Å²) in [6.07, 6.45) is 4.82. The van der Waals surface area contributed by atoms with Crippen LogP contribution in [-0.2, 0) is 6.54 Å². The molecule has 0 aliphatic carbocycles. The third kappa shape index (κ3) is 6.55. The fourth-order valence-electron chi connectivity index (χ4n) is 2.95. The Morgan fingerprint density at radius 2 is 2.00 bits per heavy atom. The van der Waals surface area contributed by atoms with E-state index in [1.54, 1.807) is 43.8 Å². The molecule has 31 heavy (non-hydrogen) atoms. The van der Waals surface area contributed by atoms with E-state index in [4.69, 9.17) is 16.3 Å². The minimum atomic E-state index is -0.380. The molecule has 8 nitrogen and oxygen atoms in total. The van der Waals surface area contributed by atoms with Gasteiger partial charge in [0, 0.05) is 36.6 Å². The molecule has 1 aromatic carbocycles. The van der Waals surface area contributed by atoms with Crippen molar-refractivity contribution in [3.05, 3.63) is 81.4 Å². The summed E-state index contributed by atoms with van der Waals surface area (Å²) in [6, 6.07) is 12.2. The van der Waals surface area contributed by atoms with Gasteiger partial charge in [-0.05, 0) is 42.7 Å². The SMILES string of the molecule is COc1ccnc(NCCCCNC(=O)c2cccn(Cc3cccc(Cl)c3)c2=O)n1. The predicted molar refractivity (Wildman–Crippen MR) is 120 cm³/mol. The zero-order valence-corrected chi connectivity index (χ0v) is 17.9. The van der Waals surface area contributed by atoms with Crippen molar-refractivity contribution in [1.29, 1.82) is 0 Å². The maximum Gasteiger partial charge on any atom is 0.263 e. The smallest absolute Gasteiger partial charge is 0.263 e. The maximum absolute atomic E-state index is 12.7. The molecule has 0 saturated heterocycles. The van der Waals surface area contributed by atoms with Gasteiger partial charge < -0.3 is 19.9 Å². The summed E-state index contributed by atoms with van der Waals surface area (Å²) in [5.41, 5.74) is 0.670. The van der Waals surface area contributed by atoms with Crippen LogP contribution in [0, 0.1) is 0 Å². The van der Waals surface area contributed by atoms with Crippen LogP contribution < -0.4 is 20.9 Å². The molecular weight excluding hydrogens is 418 g/mol. The number of nitrogens with zero attached hydrogens (tertiary/aromatic N) is 3. The molecule has 0 atom stereocenters. The highest BCUT2D eigenvalue weighted by Crippen LogP contribution is 2.11. The summed E-state index contributed by atoms with van der Waals surface area (Å²) >= 11 is 6.01. The molecule has 9 heteroatoms. The largest absolute Gasteiger partial charge is 0.481 e. The molecule has 3 rings (SSSR count). The average molecular weight is 442 g/mol. The molecule has 0 radical (unpaired) electrons. The second-order valence-corrected chi connectivity index (χ2v) is 7.23. The third-order valence-corrected chi connectivity index (χ3v) is 4.75. The summed E-state index contributed by atoms with van der Waals surface area (Å²) in [4.78, 5) is 33.4. The van der Waals surface area contributed by atoms with Crippen molar-refractivity contribution in [2.45, 2.75) is 19.4 Å². The number of hydrogen-bond acceptors (Lipinski definition) is 6. The summed E-state index contributed by atoms with van der Waals surface area (Å²) < 4.78 is 6.55. The van der Waals surface area contributed by atoms with Crippen LogP contribution in [0.3, 0.4) is 0 Å². The number of anilines is 1. The number of nitrogens with one attached hydrogen (secondary N) is 2. The average Bonchev–Trinajstić information content (AvgIpc) is 2.77. The van der Waals surface area contributed by atoms with E-state index in [2.05, 4.69) is 20.6 Å². The number of methoxy groups -OCH3 is 1. The number of rotatable bonds is 10. The van der Waals surface area contributed by atoms with Gasteiger partial charge in [-0.3, -0.25) is 9.59 Å². The number of benzene rings is 1. The zero-order valence-electron chi connectivity index (χ0n) is 17.2. The first-order valence-electron chi connectivity index (χ1n) is 9.90. The van der Waals surface area contributed by atoms with Crippen molar-refractivity contribution in [3.8, 4) is 5.88 Å². The van der Waals surface area contributed by atoms with Crippen LogP contribution in [0.2, 0.25) is 5.02 Å². The normalized spacial score (nSPS) is 10.5. The van der Waals surface area contributed by atoms with Gasteiger partial charge in [0.2, 0.25) is 11.8 Å². The molecule has 162 valence electrons. The summed E-state index contributed by atoms with van der Waals surface area (Å²) in [5, 5.41) is 6.51. The van der Waals surface area contributed by atoms with Crippen LogP contribution in [0.4, 0.5) is 5.95 Å². The number of ether oxygens (including phenoxy) is 1. The fraction of sp³-hybridized carbons (Fsp3) is 0.273. The van der Waals surface area contributed by atoms with Gasteiger partial charge in [0.1, 0.15) is 5.56 Å². The molecule has 2 N–H and O–H groups in total. The number of aromatic nitrogens is 3. The van der Waals surface area contributed by atoms with E-state index in [9.17, 15) is 9.59 Å². The van der Waals surface area contributed by atoms with Gasteiger partial charge in [0.25, 0.3) is 11.5 Å². The topological polar surface area (TPSA) is 98.1 Å². The van der Waals surface area contributed by atoms with Crippen LogP contribution in [0.5, 0.6) is 5.88 Å². The van der Waals surface area contributed by atoms with Gasteiger partial charge in [-0.25, -0.2) is 4.98 Å². The summed E-state index contributed by atoms with van der Waals surface area (Å²) in [7, 11) is 1.55. The quantitative estimate of drug-likeness (QED) is 0.469. The molecule has 2 aromatic heterocycles. The van der Waals surface area contributed by atoms with E-state index in [1.165, 1.54) is 10.6 Å². The van der Waals surface area contributed by atoms with E-state index in [-0.39, 0.29) is 17.0 Å². The zero-order chi connectivity index (χ0) is 22.1. The Kier molecular flexibility index (Phi) is 8.00. The minimum Gasteiger partial charge on any atom is -0.481 e. The van der Waals surface area contributed by atoms with Gasteiger partial charge in [-0.2, -0.15) is 4.98 Å². The number of carbonyl (C=O) groups is 1. The van der Waals surface area contributed by atoms with Crippen LogP contribution in [0.15, 0.2) is 59.7 Å². The van der Waals surface area contributed by atoms with E-state index in [0.717, 1.165) is 18.4 Å². The van der Waals surface area contributed by atoms with E-state index < -0.39 is 0 Å². The molecule has 1 amide bonds.